The van der Waals surface area contributed by atoms with Crippen LogP contribution in [0.15, 0.2) is 18.2 Å². The lowest BCUT2D eigenvalue weighted by Crippen LogP contribution is -2.21. The SMILES string of the molecule is CN(C)C(=N)c1cc(Cl)cc(Cl)c1. The van der Waals surface area contributed by atoms with E-state index in [1.807, 2.05) is 0 Å². The number of amidine groups is 1. The van der Waals surface area contributed by atoms with Crippen LogP contribution in [0, 0.1) is 5.41 Å². The second-order valence-electron chi connectivity index (χ2n) is 2.90. The van der Waals surface area contributed by atoms with Crippen LogP contribution in [0.3, 0.4) is 0 Å². The van der Waals surface area contributed by atoms with Crippen LogP contribution >= 0.6 is 23.2 Å². The zero-order chi connectivity index (χ0) is 10.0. The smallest absolute Gasteiger partial charge is 0.127 e. The van der Waals surface area contributed by atoms with Crippen LogP contribution in [0.4, 0.5) is 0 Å². The molecule has 0 aliphatic rings. The summed E-state index contributed by atoms with van der Waals surface area (Å²) in [6, 6.07) is 5.08. The standard InChI is InChI=1S/C9H10Cl2N2/c1-13(2)9(12)6-3-7(10)5-8(11)4-6/h3-5,12H,1-2H3. The zero-order valence-corrected chi connectivity index (χ0v) is 8.95. The fraction of sp³-hybridized carbons (Fsp3) is 0.222. The Morgan fingerprint density at radius 3 is 2.00 bits per heavy atom. The van der Waals surface area contributed by atoms with Gasteiger partial charge in [0.05, 0.1) is 0 Å². The Morgan fingerprint density at radius 1 is 1.15 bits per heavy atom. The summed E-state index contributed by atoms with van der Waals surface area (Å²) >= 11 is 11.6. The summed E-state index contributed by atoms with van der Waals surface area (Å²) in [7, 11) is 3.61. The fourth-order valence-corrected chi connectivity index (χ4v) is 1.47. The predicted molar refractivity (Wildman–Crippen MR) is 57.0 cm³/mol. The van der Waals surface area contributed by atoms with E-state index in [1.165, 1.54) is 0 Å². The van der Waals surface area contributed by atoms with Crippen LogP contribution < -0.4 is 0 Å². The molecule has 0 aliphatic heterocycles. The van der Waals surface area contributed by atoms with Crippen molar-refractivity contribution in [3.05, 3.63) is 33.8 Å². The Morgan fingerprint density at radius 2 is 1.62 bits per heavy atom. The van der Waals surface area contributed by atoms with Crippen molar-refractivity contribution in [2.75, 3.05) is 14.1 Å². The van der Waals surface area contributed by atoms with Gasteiger partial charge in [0.2, 0.25) is 0 Å². The molecule has 70 valence electrons. The topological polar surface area (TPSA) is 27.1 Å². The Bertz CT molecular complexity index is 314. The molecule has 0 fully saturated rings. The van der Waals surface area contributed by atoms with Gasteiger partial charge in [-0.05, 0) is 18.2 Å². The summed E-state index contributed by atoms with van der Waals surface area (Å²) < 4.78 is 0. The van der Waals surface area contributed by atoms with Crippen LogP contribution in [0.5, 0.6) is 0 Å². The van der Waals surface area contributed by atoms with Crippen LogP contribution in [-0.4, -0.2) is 24.8 Å². The average Bonchev–Trinajstić information content (AvgIpc) is 2.01. The van der Waals surface area contributed by atoms with Gasteiger partial charge in [0.25, 0.3) is 0 Å². The first-order valence-corrected chi connectivity index (χ1v) is 4.48. The first-order valence-electron chi connectivity index (χ1n) is 3.73. The molecule has 0 amide bonds. The lowest BCUT2D eigenvalue weighted by Gasteiger charge is -2.13. The van der Waals surface area contributed by atoms with E-state index in [-0.39, 0.29) is 0 Å². The van der Waals surface area contributed by atoms with Crippen molar-refractivity contribution in [3.63, 3.8) is 0 Å². The molecule has 1 aromatic rings. The van der Waals surface area contributed by atoms with E-state index in [0.717, 1.165) is 5.56 Å². The molecule has 13 heavy (non-hydrogen) atoms. The van der Waals surface area contributed by atoms with Gasteiger partial charge >= 0.3 is 0 Å². The van der Waals surface area contributed by atoms with Gasteiger partial charge in [-0.2, -0.15) is 0 Å². The molecular weight excluding hydrogens is 207 g/mol. The molecule has 0 saturated heterocycles. The predicted octanol–water partition coefficient (Wildman–Crippen LogP) is 2.88. The van der Waals surface area contributed by atoms with Gasteiger partial charge in [0.15, 0.2) is 0 Å². The Hall–Kier alpha value is -0.730. The zero-order valence-electron chi connectivity index (χ0n) is 7.44. The largest absolute Gasteiger partial charge is 0.363 e. The van der Waals surface area contributed by atoms with Gasteiger partial charge in [-0.3, -0.25) is 5.41 Å². The molecule has 0 unspecified atom stereocenters. The highest BCUT2D eigenvalue weighted by Gasteiger charge is 2.05. The highest BCUT2D eigenvalue weighted by molar-refractivity contribution is 6.35. The summed E-state index contributed by atoms with van der Waals surface area (Å²) in [5.41, 5.74) is 0.725. The summed E-state index contributed by atoms with van der Waals surface area (Å²) in [4.78, 5) is 1.70. The van der Waals surface area contributed by atoms with Crippen LogP contribution in [-0.2, 0) is 0 Å². The van der Waals surface area contributed by atoms with Gasteiger partial charge in [0.1, 0.15) is 5.84 Å². The van der Waals surface area contributed by atoms with Crippen LogP contribution in [0.25, 0.3) is 0 Å². The normalized spacial score (nSPS) is 9.85. The van der Waals surface area contributed by atoms with Crippen molar-refractivity contribution in [1.82, 2.24) is 4.90 Å². The molecule has 4 heteroatoms. The van der Waals surface area contributed by atoms with Gasteiger partial charge in [-0.1, -0.05) is 23.2 Å². The molecule has 2 nitrogen and oxygen atoms in total. The van der Waals surface area contributed by atoms with Gasteiger partial charge in [-0.25, -0.2) is 0 Å². The summed E-state index contributed by atoms with van der Waals surface area (Å²) in [6.07, 6.45) is 0. The van der Waals surface area contributed by atoms with E-state index in [1.54, 1.807) is 37.2 Å². The molecule has 0 spiro atoms. The highest BCUT2D eigenvalue weighted by Crippen LogP contribution is 2.19. The molecule has 0 saturated carbocycles. The first kappa shape index (κ1) is 10.4. The summed E-state index contributed by atoms with van der Waals surface area (Å²) in [5, 5.41) is 8.79. The van der Waals surface area contributed by atoms with Crippen molar-refractivity contribution in [3.8, 4) is 0 Å². The van der Waals surface area contributed by atoms with E-state index in [0.29, 0.717) is 15.9 Å². The second-order valence-corrected chi connectivity index (χ2v) is 3.77. The minimum absolute atomic E-state index is 0.393. The molecule has 0 aromatic heterocycles. The number of nitrogens with one attached hydrogen (secondary N) is 1. The van der Waals surface area contributed by atoms with Crippen LogP contribution in [0.2, 0.25) is 10.0 Å². The molecular formula is C9H10Cl2N2. The second kappa shape index (κ2) is 3.99. The van der Waals surface area contributed by atoms with E-state index < -0.39 is 0 Å². The first-order chi connectivity index (χ1) is 6.00. The van der Waals surface area contributed by atoms with E-state index in [9.17, 15) is 0 Å². The molecule has 1 rings (SSSR count). The van der Waals surface area contributed by atoms with E-state index >= 15 is 0 Å². The summed E-state index contributed by atoms with van der Waals surface area (Å²) in [5.74, 6) is 0.393. The number of hydrogen-bond acceptors (Lipinski definition) is 1. The minimum Gasteiger partial charge on any atom is -0.363 e. The molecule has 0 radical (unpaired) electrons. The monoisotopic (exact) mass is 216 g/mol. The van der Waals surface area contributed by atoms with Crippen LogP contribution in [0.1, 0.15) is 5.56 Å². The molecule has 1 aromatic carbocycles. The maximum absolute atomic E-state index is 7.69. The summed E-state index contributed by atoms with van der Waals surface area (Å²) in [6.45, 7) is 0. The lowest BCUT2D eigenvalue weighted by molar-refractivity contribution is 0.619. The molecule has 0 aliphatic carbocycles. The maximum atomic E-state index is 7.69. The number of nitrogens with zero attached hydrogens (tertiary/aromatic N) is 1. The Balaban J connectivity index is 3.08. The minimum atomic E-state index is 0.393. The van der Waals surface area contributed by atoms with Gasteiger partial charge in [0, 0.05) is 29.7 Å². The average molecular weight is 217 g/mol. The number of hydrogen-bond donors (Lipinski definition) is 1. The molecule has 0 atom stereocenters. The van der Waals surface area contributed by atoms with Crippen molar-refractivity contribution >= 4 is 29.0 Å². The molecule has 0 bridgehead atoms. The highest BCUT2D eigenvalue weighted by atomic mass is 35.5. The van der Waals surface area contributed by atoms with Gasteiger partial charge in [-0.15, -0.1) is 0 Å². The van der Waals surface area contributed by atoms with E-state index in [2.05, 4.69) is 0 Å². The van der Waals surface area contributed by atoms with Crippen molar-refractivity contribution in [1.29, 1.82) is 5.41 Å². The number of halogens is 2. The fourth-order valence-electron chi connectivity index (χ4n) is 0.949. The maximum Gasteiger partial charge on any atom is 0.127 e. The number of benzene rings is 1. The molecule has 1 N–H and O–H groups in total. The third-order valence-electron chi connectivity index (χ3n) is 1.58. The van der Waals surface area contributed by atoms with Crippen molar-refractivity contribution in [2.24, 2.45) is 0 Å². The lowest BCUT2D eigenvalue weighted by atomic mass is 10.2. The quantitative estimate of drug-likeness (QED) is 0.568. The van der Waals surface area contributed by atoms with E-state index in [4.69, 9.17) is 28.6 Å². The Kier molecular flexibility index (Phi) is 3.17. The Labute approximate surface area is 87.6 Å². The molecule has 0 heterocycles. The third-order valence-corrected chi connectivity index (χ3v) is 2.02. The van der Waals surface area contributed by atoms with Crippen molar-refractivity contribution in [2.45, 2.75) is 0 Å². The van der Waals surface area contributed by atoms with Crippen molar-refractivity contribution < 1.29 is 0 Å². The van der Waals surface area contributed by atoms with Gasteiger partial charge < -0.3 is 4.90 Å². The third kappa shape index (κ3) is 2.61. The number of rotatable bonds is 1.